The van der Waals surface area contributed by atoms with Gasteiger partial charge in [-0.05, 0) is 59.2 Å². The Balaban J connectivity index is 2.37. The van der Waals surface area contributed by atoms with Crippen molar-refractivity contribution in [3.8, 4) is 11.5 Å². The summed E-state index contributed by atoms with van der Waals surface area (Å²) in [5.74, 6) is 0.804. The van der Waals surface area contributed by atoms with E-state index >= 15 is 0 Å². The van der Waals surface area contributed by atoms with E-state index in [-0.39, 0.29) is 6.61 Å². The molecule has 0 fully saturated rings. The summed E-state index contributed by atoms with van der Waals surface area (Å²) in [4.78, 5) is 12.7. The second-order valence-electron chi connectivity index (χ2n) is 8.58. The minimum absolute atomic E-state index is 0.213. The molecule has 0 aliphatic rings. The van der Waals surface area contributed by atoms with Gasteiger partial charge in [0.2, 0.25) is 0 Å². The van der Waals surface area contributed by atoms with E-state index in [0.717, 1.165) is 11.1 Å². The Hall–Kier alpha value is -2.01. The lowest BCUT2D eigenvalue weighted by molar-refractivity contribution is 0.0468. The summed E-state index contributed by atoms with van der Waals surface area (Å²) < 4.78 is 17.7. The predicted molar refractivity (Wildman–Crippen MR) is 115 cm³/mol. The number of hydrogen-bond acceptors (Lipinski definition) is 4. The number of rotatable bonds is 6. The normalized spacial score (nSPS) is 11.8. The van der Waals surface area contributed by atoms with E-state index in [1.807, 2.05) is 71.9 Å². The van der Waals surface area contributed by atoms with Crippen LogP contribution in [0.1, 0.15) is 63.0 Å². The maximum atomic E-state index is 12.7. The molecule has 0 spiro atoms. The topological polar surface area (TPSA) is 44.8 Å². The molecule has 0 bridgehead atoms. The van der Waals surface area contributed by atoms with Gasteiger partial charge in [-0.3, -0.25) is 0 Å². The van der Waals surface area contributed by atoms with Crippen LogP contribution in [0.25, 0.3) is 0 Å². The Labute approximate surface area is 176 Å². The molecule has 0 heterocycles. The van der Waals surface area contributed by atoms with Crippen LogP contribution >= 0.6 is 15.9 Å². The highest BCUT2D eigenvalue weighted by Gasteiger charge is 2.24. The lowest BCUT2D eigenvalue weighted by atomic mass is 10.1. The molecule has 0 saturated heterocycles. The minimum Gasteiger partial charge on any atom is -0.488 e. The fraction of sp³-hybridized carbons (Fsp3) is 0.435. The zero-order valence-corrected chi connectivity index (χ0v) is 19.1. The van der Waals surface area contributed by atoms with E-state index < -0.39 is 17.2 Å². The second-order valence-corrected chi connectivity index (χ2v) is 9.14. The number of esters is 1. The average Bonchev–Trinajstić information content (AvgIpc) is 2.57. The van der Waals surface area contributed by atoms with E-state index in [4.69, 9.17) is 14.2 Å². The molecule has 4 nitrogen and oxygen atoms in total. The maximum absolute atomic E-state index is 12.7. The van der Waals surface area contributed by atoms with Crippen molar-refractivity contribution in [2.45, 2.75) is 64.7 Å². The van der Waals surface area contributed by atoms with Crippen molar-refractivity contribution in [2.75, 3.05) is 0 Å². The number of carbonyl (C=O) groups excluding carboxylic acids is 1. The first-order valence-electron chi connectivity index (χ1n) is 9.30. The van der Waals surface area contributed by atoms with E-state index in [1.165, 1.54) is 0 Å². The largest absolute Gasteiger partial charge is 0.488 e. The standard InChI is InChI=1S/C23H29BrO4/c1-22(2,3)27-19-12-17(13-20(18(19)14-24)28-23(4,5)6)21(25)26-15-16-10-8-7-9-11-16/h7-13H,14-15H2,1-6H3. The van der Waals surface area contributed by atoms with Gasteiger partial charge in [0.05, 0.1) is 5.56 Å². The molecule has 0 saturated carbocycles. The number of carbonyl (C=O) groups is 1. The highest BCUT2D eigenvalue weighted by molar-refractivity contribution is 9.08. The molecule has 2 aromatic rings. The third-order valence-corrected chi connectivity index (χ3v) is 4.14. The number of hydrogen-bond donors (Lipinski definition) is 0. The number of ether oxygens (including phenoxy) is 3. The summed E-state index contributed by atoms with van der Waals surface area (Å²) in [5, 5.41) is 0.545. The summed E-state index contributed by atoms with van der Waals surface area (Å²) in [6.07, 6.45) is 0. The second kappa shape index (κ2) is 8.99. The van der Waals surface area contributed by atoms with Gasteiger partial charge in [-0.25, -0.2) is 4.79 Å². The monoisotopic (exact) mass is 448 g/mol. The van der Waals surface area contributed by atoms with Crippen LogP contribution in [-0.4, -0.2) is 17.2 Å². The molecule has 0 radical (unpaired) electrons. The molecule has 2 rings (SSSR count). The first kappa shape index (κ1) is 22.3. The molecular weight excluding hydrogens is 420 g/mol. The Morgan fingerprint density at radius 2 is 1.39 bits per heavy atom. The van der Waals surface area contributed by atoms with Gasteiger partial charge in [-0.1, -0.05) is 46.3 Å². The third kappa shape index (κ3) is 6.86. The van der Waals surface area contributed by atoms with E-state index in [2.05, 4.69) is 15.9 Å². The van der Waals surface area contributed by atoms with Gasteiger partial charge >= 0.3 is 5.97 Å². The Kier molecular flexibility index (Phi) is 7.16. The van der Waals surface area contributed by atoms with Crippen LogP contribution < -0.4 is 9.47 Å². The zero-order valence-electron chi connectivity index (χ0n) is 17.5. The van der Waals surface area contributed by atoms with Gasteiger partial charge < -0.3 is 14.2 Å². The summed E-state index contributed by atoms with van der Waals surface area (Å²) in [7, 11) is 0. The van der Waals surface area contributed by atoms with E-state index in [0.29, 0.717) is 22.4 Å². The van der Waals surface area contributed by atoms with Crippen LogP contribution in [0.2, 0.25) is 0 Å². The highest BCUT2D eigenvalue weighted by atomic mass is 79.9. The van der Waals surface area contributed by atoms with Crippen LogP contribution in [0.4, 0.5) is 0 Å². The quantitative estimate of drug-likeness (QED) is 0.384. The molecule has 0 unspecified atom stereocenters. The van der Waals surface area contributed by atoms with Crippen LogP contribution in [-0.2, 0) is 16.7 Å². The highest BCUT2D eigenvalue weighted by Crippen LogP contribution is 2.36. The van der Waals surface area contributed by atoms with E-state index in [9.17, 15) is 4.79 Å². The molecule has 28 heavy (non-hydrogen) atoms. The average molecular weight is 449 g/mol. The fourth-order valence-corrected chi connectivity index (χ4v) is 3.07. The predicted octanol–water partition coefficient (Wildman–Crippen LogP) is 6.29. The molecule has 0 amide bonds. The van der Waals surface area contributed by atoms with Crippen LogP contribution in [0.15, 0.2) is 42.5 Å². The van der Waals surface area contributed by atoms with Crippen molar-refractivity contribution < 1.29 is 19.0 Å². The Bertz CT molecular complexity index is 765. The fourth-order valence-electron chi connectivity index (χ4n) is 2.52. The first-order chi connectivity index (χ1) is 13.0. The molecule has 0 N–H and O–H groups in total. The molecular formula is C23H29BrO4. The summed E-state index contributed by atoms with van der Waals surface area (Å²) in [6, 6.07) is 13.1. The van der Waals surface area contributed by atoms with Crippen molar-refractivity contribution in [3.63, 3.8) is 0 Å². The molecule has 2 aromatic carbocycles. The van der Waals surface area contributed by atoms with E-state index in [1.54, 1.807) is 12.1 Å². The zero-order chi connectivity index (χ0) is 20.9. The lowest BCUT2D eigenvalue weighted by Gasteiger charge is -2.27. The van der Waals surface area contributed by atoms with Crippen LogP contribution in [0.3, 0.4) is 0 Å². The van der Waals surface area contributed by atoms with Gasteiger partial charge in [0.1, 0.15) is 29.3 Å². The number of benzene rings is 2. The van der Waals surface area contributed by atoms with Crippen molar-refractivity contribution in [1.29, 1.82) is 0 Å². The molecule has 0 atom stereocenters. The van der Waals surface area contributed by atoms with Gasteiger partial charge in [0, 0.05) is 10.9 Å². The number of halogens is 1. The summed E-state index contributed by atoms with van der Waals surface area (Å²) >= 11 is 3.52. The van der Waals surface area contributed by atoms with Gasteiger partial charge in [-0.2, -0.15) is 0 Å². The molecule has 0 aromatic heterocycles. The summed E-state index contributed by atoms with van der Waals surface area (Å²) in [5.41, 5.74) is 1.37. The molecule has 0 aliphatic carbocycles. The Morgan fingerprint density at radius 3 is 1.82 bits per heavy atom. The molecule has 152 valence electrons. The number of alkyl halides is 1. The first-order valence-corrected chi connectivity index (χ1v) is 10.4. The maximum Gasteiger partial charge on any atom is 0.338 e. The molecule has 0 aliphatic heterocycles. The smallest absolute Gasteiger partial charge is 0.338 e. The minimum atomic E-state index is -0.414. The van der Waals surface area contributed by atoms with Gasteiger partial charge in [0.25, 0.3) is 0 Å². The van der Waals surface area contributed by atoms with Crippen molar-refractivity contribution in [1.82, 2.24) is 0 Å². The van der Waals surface area contributed by atoms with Crippen LogP contribution in [0, 0.1) is 0 Å². The molecule has 5 heteroatoms. The summed E-state index contributed by atoms with van der Waals surface area (Å²) in [6.45, 7) is 12.0. The van der Waals surface area contributed by atoms with Crippen molar-refractivity contribution in [3.05, 3.63) is 59.2 Å². The Morgan fingerprint density at radius 1 is 0.893 bits per heavy atom. The third-order valence-electron chi connectivity index (χ3n) is 3.58. The van der Waals surface area contributed by atoms with Crippen molar-refractivity contribution in [2.24, 2.45) is 0 Å². The SMILES string of the molecule is CC(C)(C)Oc1cc(C(=O)OCc2ccccc2)cc(OC(C)(C)C)c1CBr. The van der Waals surface area contributed by atoms with Crippen molar-refractivity contribution >= 4 is 21.9 Å². The van der Waals surface area contributed by atoms with Gasteiger partial charge in [0.15, 0.2) is 0 Å². The lowest BCUT2D eigenvalue weighted by Crippen LogP contribution is -2.26. The van der Waals surface area contributed by atoms with Gasteiger partial charge in [-0.15, -0.1) is 0 Å². The van der Waals surface area contributed by atoms with Crippen LogP contribution in [0.5, 0.6) is 11.5 Å².